The number of furan rings is 1. The zero-order valence-corrected chi connectivity index (χ0v) is 18.9. The first kappa shape index (κ1) is 24.1. The third-order valence-electron chi connectivity index (χ3n) is 4.73. The Morgan fingerprint density at radius 3 is 2.40 bits per heavy atom. The highest BCUT2D eigenvalue weighted by atomic mass is 32.2. The fourth-order valence-corrected chi connectivity index (χ4v) is 4.06. The molecule has 1 aliphatic rings. The number of thioether (sulfide) groups is 1. The van der Waals surface area contributed by atoms with E-state index in [9.17, 15) is 22.8 Å². The maximum atomic E-state index is 12.9. The highest BCUT2D eigenvalue weighted by Gasteiger charge is 2.34. The predicted octanol–water partition coefficient (Wildman–Crippen LogP) is 6.08. The zero-order chi connectivity index (χ0) is 25.2. The molecule has 1 aromatic heterocycles. The number of nitrogens with one attached hydrogen (secondary N) is 1. The van der Waals surface area contributed by atoms with Gasteiger partial charge in [-0.3, -0.25) is 15.1 Å². The maximum absolute atomic E-state index is 12.9. The van der Waals surface area contributed by atoms with Crippen LogP contribution in [0.3, 0.4) is 0 Å². The molecule has 35 heavy (non-hydrogen) atoms. The van der Waals surface area contributed by atoms with Gasteiger partial charge in [0.05, 0.1) is 22.8 Å². The molecule has 0 bridgehead atoms. The molecular weight excluding hydrogens is 485 g/mol. The monoisotopic (exact) mass is 502 g/mol. The van der Waals surface area contributed by atoms with Crippen molar-refractivity contribution in [2.24, 2.45) is 0 Å². The molecule has 0 spiro atoms. The fraction of sp³-hybridized carbons (Fsp3) is 0.125. The summed E-state index contributed by atoms with van der Waals surface area (Å²) in [5, 5.41) is 8.19. The number of ether oxygens (including phenoxy) is 2. The van der Waals surface area contributed by atoms with Gasteiger partial charge in [-0.1, -0.05) is 0 Å². The van der Waals surface area contributed by atoms with Crippen molar-refractivity contribution in [2.75, 3.05) is 11.5 Å². The number of rotatable bonds is 6. The standard InChI is InChI=1S/C24H17F3N2O5S/c1-2-32-22(31)15-3-7-16(8-4-15)29-21(30)20(35-23(29)28)13-18-11-12-19(33-18)14-5-9-17(10-6-14)34-24(25,26)27/h3-13,28H,2H2,1H3/b20-13-,28-23?. The predicted molar refractivity (Wildman–Crippen MR) is 124 cm³/mol. The minimum Gasteiger partial charge on any atom is -0.462 e. The lowest BCUT2D eigenvalue weighted by molar-refractivity contribution is -0.274. The summed E-state index contributed by atoms with van der Waals surface area (Å²) in [7, 11) is 0. The number of benzene rings is 2. The molecule has 3 aromatic rings. The summed E-state index contributed by atoms with van der Waals surface area (Å²) in [5.41, 5.74) is 1.27. The summed E-state index contributed by atoms with van der Waals surface area (Å²) >= 11 is 0.948. The topological polar surface area (TPSA) is 92.8 Å². The van der Waals surface area contributed by atoms with Crippen molar-refractivity contribution < 1.29 is 36.7 Å². The first-order valence-electron chi connectivity index (χ1n) is 10.2. The molecule has 0 aliphatic carbocycles. The number of esters is 1. The Morgan fingerprint density at radius 2 is 1.77 bits per heavy atom. The van der Waals surface area contributed by atoms with Crippen LogP contribution in [-0.4, -0.2) is 30.0 Å². The van der Waals surface area contributed by atoms with Crippen molar-refractivity contribution in [3.8, 4) is 17.1 Å². The molecule has 4 rings (SSSR count). The number of halogens is 3. The van der Waals surface area contributed by atoms with Crippen LogP contribution < -0.4 is 9.64 Å². The average Bonchev–Trinajstić information content (AvgIpc) is 3.38. The number of anilines is 1. The minimum absolute atomic E-state index is 0.0165. The molecule has 11 heteroatoms. The number of alkyl halides is 3. The van der Waals surface area contributed by atoms with Gasteiger partial charge in [0.25, 0.3) is 5.91 Å². The molecule has 1 amide bonds. The van der Waals surface area contributed by atoms with E-state index in [1.165, 1.54) is 47.4 Å². The van der Waals surface area contributed by atoms with Gasteiger partial charge in [0.1, 0.15) is 17.3 Å². The van der Waals surface area contributed by atoms with Crippen molar-refractivity contribution in [3.63, 3.8) is 0 Å². The summed E-state index contributed by atoms with van der Waals surface area (Å²) in [6.45, 7) is 1.94. The van der Waals surface area contributed by atoms with E-state index in [4.69, 9.17) is 14.6 Å². The van der Waals surface area contributed by atoms with Gasteiger partial charge in [-0.15, -0.1) is 13.2 Å². The molecule has 1 fully saturated rings. The number of carbonyl (C=O) groups excluding carboxylic acids is 2. The van der Waals surface area contributed by atoms with Crippen LogP contribution in [0.25, 0.3) is 17.4 Å². The Balaban J connectivity index is 1.49. The number of amidine groups is 1. The quantitative estimate of drug-likeness (QED) is 0.325. The van der Waals surface area contributed by atoms with Gasteiger partial charge in [0.15, 0.2) is 5.17 Å². The van der Waals surface area contributed by atoms with Crippen LogP contribution >= 0.6 is 11.8 Å². The Morgan fingerprint density at radius 1 is 1.09 bits per heavy atom. The molecule has 2 aromatic carbocycles. The van der Waals surface area contributed by atoms with Crippen LogP contribution in [0.4, 0.5) is 18.9 Å². The largest absolute Gasteiger partial charge is 0.573 e. The van der Waals surface area contributed by atoms with Crippen molar-refractivity contribution in [3.05, 3.63) is 76.9 Å². The molecule has 0 radical (unpaired) electrons. The molecule has 1 saturated heterocycles. The lowest BCUT2D eigenvalue weighted by Crippen LogP contribution is -2.28. The Bertz CT molecular complexity index is 1300. The van der Waals surface area contributed by atoms with Crippen molar-refractivity contribution >= 4 is 40.6 Å². The van der Waals surface area contributed by atoms with E-state index >= 15 is 0 Å². The first-order chi connectivity index (χ1) is 16.6. The van der Waals surface area contributed by atoms with E-state index in [1.807, 2.05) is 0 Å². The summed E-state index contributed by atoms with van der Waals surface area (Å²) < 4.78 is 51.5. The van der Waals surface area contributed by atoms with Crippen LogP contribution in [0.2, 0.25) is 0 Å². The second kappa shape index (κ2) is 9.71. The minimum atomic E-state index is -4.78. The van der Waals surface area contributed by atoms with Crippen LogP contribution in [0.5, 0.6) is 5.75 Å². The summed E-state index contributed by atoms with van der Waals surface area (Å²) in [6, 6.07) is 14.6. The normalized spacial score (nSPS) is 15.1. The van der Waals surface area contributed by atoms with Crippen molar-refractivity contribution in [1.82, 2.24) is 0 Å². The summed E-state index contributed by atoms with van der Waals surface area (Å²) in [6.07, 6.45) is -3.29. The van der Waals surface area contributed by atoms with Gasteiger partial charge in [-0.05, 0) is 79.3 Å². The average molecular weight is 502 g/mol. The number of hydrogen-bond donors (Lipinski definition) is 1. The number of amides is 1. The first-order valence-corrected chi connectivity index (χ1v) is 11.0. The van der Waals surface area contributed by atoms with Gasteiger partial charge < -0.3 is 13.9 Å². The second-order valence-corrected chi connectivity index (χ2v) is 8.13. The molecule has 0 saturated carbocycles. The fourth-order valence-electron chi connectivity index (χ4n) is 3.22. The number of carbonyl (C=O) groups is 2. The molecule has 180 valence electrons. The van der Waals surface area contributed by atoms with Crippen LogP contribution in [0.1, 0.15) is 23.0 Å². The Kier molecular flexibility index (Phi) is 6.70. The van der Waals surface area contributed by atoms with Gasteiger partial charge >= 0.3 is 12.3 Å². The number of nitrogens with zero attached hydrogens (tertiary/aromatic N) is 1. The van der Waals surface area contributed by atoms with E-state index in [0.29, 0.717) is 28.3 Å². The van der Waals surface area contributed by atoms with Gasteiger partial charge in [0, 0.05) is 11.6 Å². The summed E-state index contributed by atoms with van der Waals surface area (Å²) in [4.78, 5) is 26.2. The lowest BCUT2D eigenvalue weighted by Gasteiger charge is -2.14. The molecule has 1 aliphatic heterocycles. The molecule has 0 unspecified atom stereocenters. The second-order valence-electron chi connectivity index (χ2n) is 7.10. The third-order valence-corrected chi connectivity index (χ3v) is 5.62. The highest BCUT2D eigenvalue weighted by Crippen LogP contribution is 2.36. The van der Waals surface area contributed by atoms with E-state index in [1.54, 1.807) is 31.2 Å². The smallest absolute Gasteiger partial charge is 0.462 e. The molecular formula is C24H17F3N2O5S. The molecule has 7 nitrogen and oxygen atoms in total. The van der Waals surface area contributed by atoms with E-state index in [0.717, 1.165) is 11.8 Å². The van der Waals surface area contributed by atoms with Crippen LogP contribution in [0, 0.1) is 5.41 Å². The van der Waals surface area contributed by atoms with Gasteiger partial charge in [-0.25, -0.2) is 4.79 Å². The van der Waals surface area contributed by atoms with Gasteiger partial charge in [-0.2, -0.15) is 0 Å². The van der Waals surface area contributed by atoms with Gasteiger partial charge in [0.2, 0.25) is 0 Å². The number of hydrogen-bond acceptors (Lipinski definition) is 7. The zero-order valence-electron chi connectivity index (χ0n) is 18.1. The molecule has 1 N–H and O–H groups in total. The van der Waals surface area contributed by atoms with Crippen molar-refractivity contribution in [1.29, 1.82) is 5.41 Å². The maximum Gasteiger partial charge on any atom is 0.573 e. The van der Waals surface area contributed by atoms with E-state index in [2.05, 4.69) is 4.74 Å². The Labute approximate surface area is 201 Å². The third kappa shape index (κ3) is 5.57. The van der Waals surface area contributed by atoms with Crippen molar-refractivity contribution in [2.45, 2.75) is 13.3 Å². The van der Waals surface area contributed by atoms with Crippen LogP contribution in [0.15, 0.2) is 70.0 Å². The summed E-state index contributed by atoms with van der Waals surface area (Å²) in [5.74, 6) is -0.549. The van der Waals surface area contributed by atoms with E-state index in [-0.39, 0.29) is 22.4 Å². The Hall–Kier alpha value is -3.99. The SMILES string of the molecule is CCOC(=O)c1ccc(N2C(=N)S/C(=C\c3ccc(-c4ccc(OC(F)(F)F)cc4)o3)C2=O)cc1. The van der Waals surface area contributed by atoms with E-state index < -0.39 is 18.2 Å². The van der Waals surface area contributed by atoms with Crippen LogP contribution in [-0.2, 0) is 9.53 Å². The lowest BCUT2D eigenvalue weighted by atomic mass is 10.2. The molecule has 2 heterocycles. The molecule has 0 atom stereocenters. The highest BCUT2D eigenvalue weighted by molar-refractivity contribution is 8.19.